The van der Waals surface area contributed by atoms with Crippen LogP contribution in [0.2, 0.25) is 0 Å². The summed E-state index contributed by atoms with van der Waals surface area (Å²) in [4.78, 5) is 22.7. The lowest BCUT2D eigenvalue weighted by molar-refractivity contribution is 0.0925. The van der Waals surface area contributed by atoms with Crippen LogP contribution in [0.15, 0.2) is 24.4 Å². The van der Waals surface area contributed by atoms with Crippen LogP contribution in [-0.2, 0) is 0 Å². The van der Waals surface area contributed by atoms with Crippen molar-refractivity contribution in [1.82, 2.24) is 15.3 Å². The van der Waals surface area contributed by atoms with Crippen LogP contribution >= 0.6 is 0 Å². The molecule has 0 spiro atoms. The smallest absolute Gasteiger partial charge is 0.251 e. The maximum Gasteiger partial charge on any atom is 0.251 e. The van der Waals surface area contributed by atoms with Gasteiger partial charge in [-0.05, 0) is 43.9 Å². The van der Waals surface area contributed by atoms with Crippen LogP contribution in [0.4, 0.5) is 24.9 Å². The van der Waals surface area contributed by atoms with Gasteiger partial charge in [0.1, 0.15) is 5.82 Å². The zero-order valence-electron chi connectivity index (χ0n) is 15.7. The van der Waals surface area contributed by atoms with Gasteiger partial charge in [-0.1, -0.05) is 0 Å². The monoisotopic (exact) mass is 393 g/mol. The molecule has 1 fully saturated rings. The predicted octanol–water partition coefficient (Wildman–Crippen LogP) is 3.11. The van der Waals surface area contributed by atoms with Gasteiger partial charge in [-0.25, -0.2) is 18.2 Å². The molecule has 0 saturated heterocycles. The van der Waals surface area contributed by atoms with Crippen LogP contribution in [0.5, 0.6) is 0 Å². The molecule has 1 heterocycles. The number of halogens is 3. The Hall–Kier alpha value is -2.84. The number of nitrogens with zero attached hydrogens (tertiary/aromatic N) is 3. The van der Waals surface area contributed by atoms with Crippen molar-refractivity contribution < 1.29 is 18.0 Å². The van der Waals surface area contributed by atoms with Gasteiger partial charge in [0, 0.05) is 37.9 Å². The Morgan fingerprint density at radius 3 is 2.29 bits per heavy atom. The molecule has 150 valence electrons. The third kappa shape index (κ3) is 4.71. The van der Waals surface area contributed by atoms with E-state index in [1.807, 2.05) is 25.1 Å². The molecule has 9 heteroatoms. The van der Waals surface area contributed by atoms with Crippen molar-refractivity contribution in [2.45, 2.75) is 37.8 Å². The third-order valence-corrected chi connectivity index (χ3v) is 4.74. The van der Waals surface area contributed by atoms with Crippen molar-refractivity contribution in [3.8, 4) is 0 Å². The zero-order valence-corrected chi connectivity index (χ0v) is 15.7. The Morgan fingerprint density at radius 1 is 1.07 bits per heavy atom. The molecule has 28 heavy (non-hydrogen) atoms. The number of benzene rings is 1. The largest absolute Gasteiger partial charge is 0.363 e. The number of carbonyl (C=O) groups is 1. The van der Waals surface area contributed by atoms with Gasteiger partial charge < -0.3 is 15.5 Å². The molecule has 3 rings (SSSR count). The van der Waals surface area contributed by atoms with Crippen LogP contribution in [0.1, 0.15) is 36.0 Å². The molecule has 2 N–H and O–H groups in total. The summed E-state index contributed by atoms with van der Waals surface area (Å²) in [6, 6.07) is 3.28. The van der Waals surface area contributed by atoms with Gasteiger partial charge in [-0.2, -0.15) is 4.98 Å². The lowest BCUT2D eigenvalue weighted by Gasteiger charge is -2.29. The minimum absolute atomic E-state index is 0.115. The highest BCUT2D eigenvalue weighted by Crippen LogP contribution is 2.22. The van der Waals surface area contributed by atoms with Crippen molar-refractivity contribution in [2.24, 2.45) is 0 Å². The second-order valence-electron chi connectivity index (χ2n) is 7.05. The number of amides is 1. The molecule has 0 bridgehead atoms. The lowest BCUT2D eigenvalue weighted by Crippen LogP contribution is -2.40. The summed E-state index contributed by atoms with van der Waals surface area (Å²) in [6.07, 6.45) is 4.66. The standard InChI is InChI=1S/C19H22F3N5O/c1-27(2)16-7-8-23-19(26-16)25-13-5-3-12(4-6-13)24-18(28)11-9-14(20)17(22)15(21)10-11/h7-10,12-13H,3-6H2,1-2H3,(H,24,28)(H,23,25,26). The summed E-state index contributed by atoms with van der Waals surface area (Å²) in [5.74, 6) is -3.59. The highest BCUT2D eigenvalue weighted by atomic mass is 19.2. The normalized spacial score (nSPS) is 19.2. The van der Waals surface area contributed by atoms with Gasteiger partial charge >= 0.3 is 0 Å². The number of anilines is 2. The van der Waals surface area contributed by atoms with E-state index in [0.29, 0.717) is 30.9 Å². The molecule has 1 aromatic carbocycles. The molecular weight excluding hydrogens is 371 g/mol. The SMILES string of the molecule is CN(C)c1ccnc(NC2CCC(NC(=O)c3cc(F)c(F)c(F)c3)CC2)n1. The van der Waals surface area contributed by atoms with Crippen molar-refractivity contribution in [3.63, 3.8) is 0 Å². The van der Waals surface area contributed by atoms with Gasteiger partial charge in [0.2, 0.25) is 5.95 Å². The molecule has 0 atom stereocenters. The molecule has 1 saturated carbocycles. The van der Waals surface area contributed by atoms with Crippen LogP contribution in [0, 0.1) is 17.5 Å². The Bertz CT molecular complexity index is 830. The third-order valence-electron chi connectivity index (χ3n) is 4.74. The molecule has 0 aliphatic heterocycles. The molecule has 1 aromatic heterocycles. The number of rotatable bonds is 5. The van der Waals surface area contributed by atoms with E-state index in [1.165, 1.54) is 0 Å². The van der Waals surface area contributed by atoms with Crippen molar-refractivity contribution in [2.75, 3.05) is 24.3 Å². The minimum Gasteiger partial charge on any atom is -0.363 e. The van der Waals surface area contributed by atoms with Crippen LogP contribution in [-0.4, -0.2) is 42.1 Å². The fourth-order valence-electron chi connectivity index (χ4n) is 3.19. The maximum atomic E-state index is 13.3. The van der Waals surface area contributed by atoms with Crippen molar-refractivity contribution in [1.29, 1.82) is 0 Å². The van der Waals surface area contributed by atoms with E-state index in [-0.39, 0.29) is 17.6 Å². The highest BCUT2D eigenvalue weighted by molar-refractivity contribution is 5.94. The average molecular weight is 393 g/mol. The fraction of sp³-hybridized carbons (Fsp3) is 0.421. The minimum atomic E-state index is -1.58. The Kier molecular flexibility index (Phi) is 6.01. The highest BCUT2D eigenvalue weighted by Gasteiger charge is 2.24. The summed E-state index contributed by atoms with van der Waals surface area (Å²) < 4.78 is 39.6. The van der Waals surface area contributed by atoms with E-state index in [0.717, 1.165) is 18.7 Å². The quantitative estimate of drug-likeness (QED) is 0.764. The lowest BCUT2D eigenvalue weighted by atomic mass is 9.91. The maximum absolute atomic E-state index is 13.3. The Labute approximate surface area is 161 Å². The molecule has 0 unspecified atom stereocenters. The van der Waals surface area contributed by atoms with Crippen LogP contribution < -0.4 is 15.5 Å². The molecule has 6 nitrogen and oxygen atoms in total. The second-order valence-corrected chi connectivity index (χ2v) is 7.05. The van der Waals surface area contributed by atoms with Crippen LogP contribution in [0.25, 0.3) is 0 Å². The summed E-state index contributed by atoms with van der Waals surface area (Å²) in [7, 11) is 3.80. The summed E-state index contributed by atoms with van der Waals surface area (Å²) >= 11 is 0. The zero-order chi connectivity index (χ0) is 20.3. The number of carbonyl (C=O) groups excluding carboxylic acids is 1. The first kappa shape index (κ1) is 19.9. The Balaban J connectivity index is 1.53. The Morgan fingerprint density at radius 2 is 1.68 bits per heavy atom. The molecule has 0 radical (unpaired) electrons. The van der Waals surface area contributed by atoms with Crippen molar-refractivity contribution >= 4 is 17.7 Å². The number of aromatic nitrogens is 2. The first-order valence-corrected chi connectivity index (χ1v) is 9.06. The number of nitrogens with one attached hydrogen (secondary N) is 2. The summed E-state index contributed by atoms with van der Waals surface area (Å²) in [5.41, 5.74) is -0.231. The molecule has 1 aliphatic rings. The molecule has 1 aliphatic carbocycles. The van der Waals surface area contributed by atoms with E-state index < -0.39 is 23.4 Å². The van der Waals surface area contributed by atoms with E-state index in [2.05, 4.69) is 20.6 Å². The molecule has 2 aromatic rings. The topological polar surface area (TPSA) is 70.2 Å². The second kappa shape index (κ2) is 8.45. The van der Waals surface area contributed by atoms with Gasteiger partial charge in [0.15, 0.2) is 17.5 Å². The van der Waals surface area contributed by atoms with E-state index in [4.69, 9.17) is 0 Å². The van der Waals surface area contributed by atoms with E-state index >= 15 is 0 Å². The first-order valence-electron chi connectivity index (χ1n) is 9.06. The van der Waals surface area contributed by atoms with Crippen LogP contribution in [0.3, 0.4) is 0 Å². The van der Waals surface area contributed by atoms with Gasteiger partial charge in [0.25, 0.3) is 5.91 Å². The van der Waals surface area contributed by atoms with Crippen molar-refractivity contribution in [3.05, 3.63) is 47.4 Å². The molecule has 1 amide bonds. The van der Waals surface area contributed by atoms with Gasteiger partial charge in [-0.3, -0.25) is 4.79 Å². The summed E-state index contributed by atoms with van der Waals surface area (Å²) in [5, 5.41) is 6.06. The van der Waals surface area contributed by atoms with E-state index in [1.54, 1.807) is 6.20 Å². The molecular formula is C19H22F3N5O. The van der Waals surface area contributed by atoms with E-state index in [9.17, 15) is 18.0 Å². The average Bonchev–Trinajstić information content (AvgIpc) is 2.67. The predicted molar refractivity (Wildman–Crippen MR) is 99.8 cm³/mol. The van der Waals surface area contributed by atoms with Gasteiger partial charge in [-0.15, -0.1) is 0 Å². The number of hydrogen-bond acceptors (Lipinski definition) is 5. The van der Waals surface area contributed by atoms with Gasteiger partial charge in [0.05, 0.1) is 0 Å². The fourth-order valence-corrected chi connectivity index (χ4v) is 3.19. The first-order chi connectivity index (χ1) is 13.3. The summed E-state index contributed by atoms with van der Waals surface area (Å²) in [6.45, 7) is 0. The number of hydrogen-bond donors (Lipinski definition) is 2.